The zero-order valence-electron chi connectivity index (χ0n) is 6.43. The Bertz CT molecular complexity index is 321. The summed E-state index contributed by atoms with van der Waals surface area (Å²) in [4.78, 5) is 13.8. The van der Waals surface area contributed by atoms with Crippen LogP contribution in [0.25, 0.3) is 0 Å². The molecule has 1 aromatic heterocycles. The fraction of sp³-hybridized carbons (Fsp3) is 0.375. The quantitative estimate of drug-likeness (QED) is 0.495. The van der Waals surface area contributed by atoms with Gasteiger partial charge in [-0.3, -0.25) is 0 Å². The first-order valence-corrected chi connectivity index (χ1v) is 3.88. The Morgan fingerprint density at radius 2 is 2.33 bits per heavy atom. The summed E-state index contributed by atoms with van der Waals surface area (Å²) in [5.74, 6) is 0.416. The van der Waals surface area contributed by atoms with E-state index in [1.165, 1.54) is 6.20 Å². The summed E-state index contributed by atoms with van der Waals surface area (Å²) in [5, 5.41) is 10.5. The minimum atomic E-state index is -0.409. The second-order valence-corrected chi connectivity index (χ2v) is 2.95. The van der Waals surface area contributed by atoms with E-state index in [1.807, 2.05) is 0 Å². The van der Waals surface area contributed by atoms with Crippen molar-refractivity contribution in [2.45, 2.75) is 18.8 Å². The van der Waals surface area contributed by atoms with Crippen molar-refractivity contribution in [3.63, 3.8) is 0 Å². The maximum Gasteiger partial charge on any atom is 0.366 e. The van der Waals surface area contributed by atoms with Crippen LogP contribution >= 0.6 is 0 Å². The van der Waals surface area contributed by atoms with E-state index >= 15 is 0 Å². The average Bonchev–Trinajstić information content (AvgIpc) is 2.87. The molecular formula is C8H8N2O2. The molecular weight excluding hydrogens is 156 g/mol. The molecule has 1 heterocycles. The molecule has 1 saturated carbocycles. The van der Waals surface area contributed by atoms with Gasteiger partial charge in [-0.2, -0.15) is 0 Å². The van der Waals surface area contributed by atoms with Gasteiger partial charge in [0.1, 0.15) is 6.20 Å². The zero-order valence-corrected chi connectivity index (χ0v) is 6.43. The third kappa shape index (κ3) is 1.15. The normalized spacial score (nSPS) is 16.0. The van der Waals surface area contributed by atoms with Crippen LogP contribution in [0.5, 0.6) is 0 Å². The van der Waals surface area contributed by atoms with Crippen molar-refractivity contribution in [3.8, 4) is 0 Å². The average molecular weight is 164 g/mol. The summed E-state index contributed by atoms with van der Waals surface area (Å²) in [6, 6.07) is 3.55. The maximum absolute atomic E-state index is 10.5. The molecule has 1 aromatic rings. The molecule has 0 atom stereocenters. The van der Waals surface area contributed by atoms with Gasteiger partial charge in [0, 0.05) is 0 Å². The van der Waals surface area contributed by atoms with Crippen LogP contribution in [0, 0.1) is 10.1 Å². The number of pyridine rings is 1. The Morgan fingerprint density at radius 1 is 1.58 bits per heavy atom. The number of rotatable bonds is 2. The van der Waals surface area contributed by atoms with Gasteiger partial charge in [0.25, 0.3) is 0 Å². The molecule has 0 spiro atoms. The van der Waals surface area contributed by atoms with Crippen molar-refractivity contribution in [1.82, 2.24) is 4.98 Å². The highest BCUT2D eigenvalue weighted by molar-refractivity contribution is 5.37. The van der Waals surface area contributed by atoms with Crippen LogP contribution in [0.15, 0.2) is 18.3 Å². The van der Waals surface area contributed by atoms with Crippen molar-refractivity contribution < 1.29 is 4.92 Å². The molecule has 0 unspecified atom stereocenters. The maximum atomic E-state index is 10.5. The monoisotopic (exact) mass is 164 g/mol. The molecule has 12 heavy (non-hydrogen) atoms. The Morgan fingerprint density at radius 3 is 2.92 bits per heavy atom. The Kier molecular flexibility index (Phi) is 1.53. The van der Waals surface area contributed by atoms with E-state index in [9.17, 15) is 10.1 Å². The SMILES string of the molecule is O=[N+]([O-])c1ncccc1C1CC1. The molecule has 0 aliphatic heterocycles. The van der Waals surface area contributed by atoms with Crippen molar-refractivity contribution in [3.05, 3.63) is 34.0 Å². The molecule has 1 aliphatic carbocycles. The van der Waals surface area contributed by atoms with E-state index in [1.54, 1.807) is 12.1 Å². The van der Waals surface area contributed by atoms with Crippen LogP contribution < -0.4 is 0 Å². The smallest absolute Gasteiger partial charge is 0.358 e. The van der Waals surface area contributed by atoms with Gasteiger partial charge >= 0.3 is 5.82 Å². The molecule has 0 bridgehead atoms. The van der Waals surface area contributed by atoms with Crippen LogP contribution in [0.4, 0.5) is 5.82 Å². The first kappa shape index (κ1) is 7.21. The highest BCUT2D eigenvalue weighted by atomic mass is 16.6. The predicted octanol–water partition coefficient (Wildman–Crippen LogP) is 1.87. The molecule has 2 rings (SSSR count). The lowest BCUT2D eigenvalue weighted by Gasteiger charge is -1.97. The van der Waals surface area contributed by atoms with Gasteiger partial charge in [-0.25, -0.2) is 0 Å². The molecule has 1 aliphatic rings. The van der Waals surface area contributed by atoms with Gasteiger partial charge in [0.05, 0.1) is 5.56 Å². The fourth-order valence-electron chi connectivity index (χ4n) is 1.27. The van der Waals surface area contributed by atoms with Crippen LogP contribution in [0.2, 0.25) is 0 Å². The third-order valence-corrected chi connectivity index (χ3v) is 2.01. The lowest BCUT2D eigenvalue weighted by Crippen LogP contribution is -1.96. The van der Waals surface area contributed by atoms with Gasteiger partial charge in [-0.15, -0.1) is 0 Å². The number of nitrogens with zero attached hydrogens (tertiary/aromatic N) is 2. The summed E-state index contributed by atoms with van der Waals surface area (Å²) < 4.78 is 0. The topological polar surface area (TPSA) is 56.0 Å². The molecule has 1 fully saturated rings. The second-order valence-electron chi connectivity index (χ2n) is 2.95. The standard InChI is InChI=1S/C8H8N2O2/c11-10(12)8-7(6-3-4-6)2-1-5-9-8/h1-2,5-6H,3-4H2. The molecule has 62 valence electrons. The van der Waals surface area contributed by atoms with Crippen LogP contribution in [-0.4, -0.2) is 9.91 Å². The first-order chi connectivity index (χ1) is 5.79. The van der Waals surface area contributed by atoms with Crippen LogP contribution in [-0.2, 0) is 0 Å². The van der Waals surface area contributed by atoms with Crippen LogP contribution in [0.3, 0.4) is 0 Å². The van der Waals surface area contributed by atoms with Crippen molar-refractivity contribution in [2.24, 2.45) is 0 Å². The van der Waals surface area contributed by atoms with E-state index in [4.69, 9.17) is 0 Å². The van der Waals surface area contributed by atoms with E-state index in [0.717, 1.165) is 18.4 Å². The summed E-state index contributed by atoms with van der Waals surface area (Å²) in [6.07, 6.45) is 3.59. The summed E-state index contributed by atoms with van der Waals surface area (Å²) in [5.41, 5.74) is 0.794. The van der Waals surface area contributed by atoms with Gasteiger partial charge < -0.3 is 10.1 Å². The summed E-state index contributed by atoms with van der Waals surface area (Å²) in [6.45, 7) is 0. The molecule has 0 saturated heterocycles. The highest BCUT2D eigenvalue weighted by Gasteiger charge is 2.30. The summed E-state index contributed by atoms with van der Waals surface area (Å²) >= 11 is 0. The largest absolute Gasteiger partial charge is 0.366 e. The molecule has 0 radical (unpaired) electrons. The molecule has 0 aromatic carbocycles. The Labute approximate surface area is 69.4 Å². The van der Waals surface area contributed by atoms with Crippen molar-refractivity contribution in [2.75, 3.05) is 0 Å². The number of nitro groups is 1. The highest BCUT2D eigenvalue weighted by Crippen LogP contribution is 2.42. The minimum absolute atomic E-state index is 0.0278. The fourth-order valence-corrected chi connectivity index (χ4v) is 1.27. The zero-order chi connectivity index (χ0) is 8.55. The van der Waals surface area contributed by atoms with E-state index in [-0.39, 0.29) is 5.82 Å². The van der Waals surface area contributed by atoms with E-state index in [0.29, 0.717) is 5.92 Å². The van der Waals surface area contributed by atoms with Gasteiger partial charge in [0.15, 0.2) is 0 Å². The van der Waals surface area contributed by atoms with E-state index in [2.05, 4.69) is 4.98 Å². The van der Waals surface area contributed by atoms with Gasteiger partial charge in [-0.05, 0) is 40.8 Å². The predicted molar refractivity (Wildman–Crippen MR) is 42.9 cm³/mol. The summed E-state index contributed by atoms with van der Waals surface area (Å²) in [7, 11) is 0. The first-order valence-electron chi connectivity index (χ1n) is 3.88. The lowest BCUT2D eigenvalue weighted by molar-refractivity contribution is -0.390. The molecule has 0 N–H and O–H groups in total. The van der Waals surface area contributed by atoms with Crippen molar-refractivity contribution >= 4 is 5.82 Å². The van der Waals surface area contributed by atoms with Gasteiger partial charge in [-0.1, -0.05) is 0 Å². The number of hydrogen-bond acceptors (Lipinski definition) is 3. The third-order valence-electron chi connectivity index (χ3n) is 2.01. The Balaban J connectivity index is 2.43. The van der Waals surface area contributed by atoms with Gasteiger partial charge in [0.2, 0.25) is 0 Å². The lowest BCUT2D eigenvalue weighted by atomic mass is 10.2. The number of hydrogen-bond donors (Lipinski definition) is 0. The molecule has 4 heteroatoms. The molecule has 4 nitrogen and oxygen atoms in total. The number of aromatic nitrogens is 1. The Hall–Kier alpha value is -1.45. The second kappa shape index (κ2) is 2.55. The van der Waals surface area contributed by atoms with Crippen molar-refractivity contribution in [1.29, 1.82) is 0 Å². The minimum Gasteiger partial charge on any atom is -0.358 e. The molecule has 0 amide bonds. The van der Waals surface area contributed by atoms with E-state index < -0.39 is 4.92 Å². The van der Waals surface area contributed by atoms with Crippen LogP contribution in [0.1, 0.15) is 24.3 Å².